The summed E-state index contributed by atoms with van der Waals surface area (Å²) >= 11 is 3.41. The zero-order valence-corrected chi connectivity index (χ0v) is 13.5. The second-order valence-electron chi connectivity index (χ2n) is 5.50. The van der Waals surface area contributed by atoms with Gasteiger partial charge >= 0.3 is 5.97 Å². The van der Waals surface area contributed by atoms with Crippen LogP contribution in [0.5, 0.6) is 0 Å². The summed E-state index contributed by atoms with van der Waals surface area (Å²) in [6.07, 6.45) is 3.90. The third-order valence-corrected chi connectivity index (χ3v) is 4.44. The molecule has 2 rings (SSSR count). The molecule has 1 aromatic rings. The Morgan fingerprint density at radius 2 is 1.95 bits per heavy atom. The lowest BCUT2D eigenvalue weighted by atomic mass is 10.1. The molecule has 1 aromatic carbocycles. The van der Waals surface area contributed by atoms with Crippen LogP contribution in [0.2, 0.25) is 0 Å². The van der Waals surface area contributed by atoms with E-state index in [4.69, 9.17) is 5.11 Å². The molecular weight excluding hydrogens is 334 g/mol. The normalized spacial score (nSPS) is 18.0. The van der Waals surface area contributed by atoms with Crippen molar-refractivity contribution in [2.45, 2.75) is 32.1 Å². The van der Waals surface area contributed by atoms with E-state index in [0.29, 0.717) is 25.9 Å². The fourth-order valence-electron chi connectivity index (χ4n) is 2.60. The number of hydrogen-bond donors (Lipinski definition) is 1. The second kappa shape index (κ2) is 7.59. The van der Waals surface area contributed by atoms with E-state index in [1.807, 2.05) is 12.1 Å². The Bertz CT molecular complexity index is 501. The molecule has 0 saturated carbocycles. The predicted molar refractivity (Wildman–Crippen MR) is 84.0 cm³/mol. The maximum absolute atomic E-state index is 12.0. The van der Waals surface area contributed by atoms with Gasteiger partial charge in [0.2, 0.25) is 5.91 Å². The summed E-state index contributed by atoms with van der Waals surface area (Å²) in [5.74, 6) is -1.08. The lowest BCUT2D eigenvalue weighted by molar-refractivity contribution is -0.141. The molecule has 0 unspecified atom stereocenters. The molecule has 114 valence electrons. The highest BCUT2D eigenvalue weighted by Gasteiger charge is 2.30. The van der Waals surface area contributed by atoms with Gasteiger partial charge in [0, 0.05) is 24.0 Å². The van der Waals surface area contributed by atoms with Crippen LogP contribution in [-0.4, -0.2) is 35.0 Å². The molecule has 4 nitrogen and oxygen atoms in total. The number of carbonyl (C=O) groups is 2. The topological polar surface area (TPSA) is 57.6 Å². The van der Waals surface area contributed by atoms with Gasteiger partial charge in [-0.05, 0) is 43.4 Å². The number of carbonyl (C=O) groups excluding carboxylic acids is 1. The van der Waals surface area contributed by atoms with Gasteiger partial charge in [0.25, 0.3) is 0 Å². The third kappa shape index (κ3) is 4.84. The summed E-state index contributed by atoms with van der Waals surface area (Å²) in [4.78, 5) is 24.6. The molecule has 0 spiro atoms. The molecule has 1 saturated heterocycles. The summed E-state index contributed by atoms with van der Waals surface area (Å²) in [7, 11) is 0. The Balaban J connectivity index is 1.66. The van der Waals surface area contributed by atoms with Gasteiger partial charge in [-0.3, -0.25) is 9.59 Å². The Morgan fingerprint density at radius 3 is 2.57 bits per heavy atom. The van der Waals surface area contributed by atoms with Crippen LogP contribution < -0.4 is 0 Å². The van der Waals surface area contributed by atoms with Crippen LogP contribution in [-0.2, 0) is 16.0 Å². The molecule has 1 amide bonds. The number of unbranched alkanes of at least 4 members (excludes halogenated alkanes) is 1. The van der Waals surface area contributed by atoms with Crippen LogP contribution >= 0.6 is 15.9 Å². The summed E-state index contributed by atoms with van der Waals surface area (Å²) in [6, 6.07) is 8.22. The summed E-state index contributed by atoms with van der Waals surface area (Å²) in [5.41, 5.74) is 1.28. The molecule has 1 aliphatic rings. The fourth-order valence-corrected chi connectivity index (χ4v) is 2.87. The van der Waals surface area contributed by atoms with E-state index in [9.17, 15) is 9.59 Å². The minimum absolute atomic E-state index is 0.0922. The van der Waals surface area contributed by atoms with E-state index in [1.165, 1.54) is 5.56 Å². The lowest BCUT2D eigenvalue weighted by Gasteiger charge is -2.15. The zero-order chi connectivity index (χ0) is 15.2. The van der Waals surface area contributed by atoms with E-state index in [-0.39, 0.29) is 11.8 Å². The minimum Gasteiger partial charge on any atom is -0.481 e. The highest BCUT2D eigenvalue weighted by molar-refractivity contribution is 9.10. The second-order valence-corrected chi connectivity index (χ2v) is 6.41. The van der Waals surface area contributed by atoms with E-state index in [1.54, 1.807) is 4.90 Å². The maximum Gasteiger partial charge on any atom is 0.308 e. The number of hydrogen-bond acceptors (Lipinski definition) is 2. The molecule has 0 bridgehead atoms. The van der Waals surface area contributed by atoms with Crippen molar-refractivity contribution in [1.82, 2.24) is 4.90 Å². The van der Waals surface area contributed by atoms with Crippen LogP contribution in [0.1, 0.15) is 31.2 Å². The lowest BCUT2D eigenvalue weighted by Crippen LogP contribution is -2.29. The van der Waals surface area contributed by atoms with E-state index < -0.39 is 5.97 Å². The van der Waals surface area contributed by atoms with Crippen LogP contribution in [0.3, 0.4) is 0 Å². The fraction of sp³-hybridized carbons (Fsp3) is 0.500. The van der Waals surface area contributed by atoms with Gasteiger partial charge in [-0.15, -0.1) is 0 Å². The average molecular weight is 354 g/mol. The number of nitrogens with zero attached hydrogens (tertiary/aromatic N) is 1. The molecule has 1 aliphatic heterocycles. The Kier molecular flexibility index (Phi) is 5.79. The largest absolute Gasteiger partial charge is 0.481 e. The molecule has 0 aromatic heterocycles. The first-order valence-corrected chi connectivity index (χ1v) is 8.10. The quantitative estimate of drug-likeness (QED) is 0.799. The van der Waals surface area contributed by atoms with Gasteiger partial charge in [0.1, 0.15) is 0 Å². The van der Waals surface area contributed by atoms with Gasteiger partial charge in [-0.25, -0.2) is 0 Å². The van der Waals surface area contributed by atoms with Crippen molar-refractivity contribution >= 4 is 27.8 Å². The van der Waals surface area contributed by atoms with Gasteiger partial charge in [-0.1, -0.05) is 28.1 Å². The van der Waals surface area contributed by atoms with Crippen LogP contribution in [0.15, 0.2) is 28.7 Å². The standard InChI is InChI=1S/C16H20BrNO3/c17-14-7-5-12(6-8-14)3-1-2-4-15(19)18-10-9-13(11-18)16(20)21/h5-8,13H,1-4,9-11H2,(H,20,21)/t13-/m1/s1. The maximum atomic E-state index is 12.0. The first-order valence-electron chi connectivity index (χ1n) is 7.31. The SMILES string of the molecule is O=C(O)[C@@H]1CCN(C(=O)CCCCc2ccc(Br)cc2)C1. The number of halogens is 1. The number of likely N-dealkylation sites (tertiary alicyclic amines) is 1. The number of aryl methyl sites for hydroxylation is 1. The van der Waals surface area contributed by atoms with Crippen molar-refractivity contribution in [3.8, 4) is 0 Å². The number of aliphatic carboxylic acids is 1. The van der Waals surface area contributed by atoms with Crippen molar-refractivity contribution in [1.29, 1.82) is 0 Å². The van der Waals surface area contributed by atoms with Crippen molar-refractivity contribution in [2.24, 2.45) is 5.92 Å². The van der Waals surface area contributed by atoms with Crippen molar-refractivity contribution in [3.63, 3.8) is 0 Å². The number of carboxylic acid groups (broad SMARTS) is 1. The number of amides is 1. The summed E-state index contributed by atoms with van der Waals surface area (Å²) in [5, 5.41) is 8.93. The third-order valence-electron chi connectivity index (χ3n) is 3.91. The summed E-state index contributed by atoms with van der Waals surface area (Å²) < 4.78 is 1.07. The zero-order valence-electron chi connectivity index (χ0n) is 11.9. The minimum atomic E-state index is -0.791. The average Bonchev–Trinajstić information content (AvgIpc) is 2.95. The molecule has 0 aliphatic carbocycles. The van der Waals surface area contributed by atoms with Crippen molar-refractivity contribution in [2.75, 3.05) is 13.1 Å². The van der Waals surface area contributed by atoms with Gasteiger partial charge in [0.15, 0.2) is 0 Å². The van der Waals surface area contributed by atoms with Crippen molar-refractivity contribution < 1.29 is 14.7 Å². The molecule has 21 heavy (non-hydrogen) atoms. The molecule has 1 atom stereocenters. The van der Waals surface area contributed by atoms with Gasteiger partial charge < -0.3 is 10.0 Å². The van der Waals surface area contributed by atoms with E-state index in [2.05, 4.69) is 28.1 Å². The van der Waals surface area contributed by atoms with Crippen LogP contribution in [0.4, 0.5) is 0 Å². The van der Waals surface area contributed by atoms with Gasteiger partial charge in [-0.2, -0.15) is 0 Å². The molecule has 1 N–H and O–H groups in total. The van der Waals surface area contributed by atoms with Gasteiger partial charge in [0.05, 0.1) is 5.92 Å². The first-order chi connectivity index (χ1) is 10.1. The van der Waals surface area contributed by atoms with Crippen molar-refractivity contribution in [3.05, 3.63) is 34.3 Å². The molecular formula is C16H20BrNO3. The Morgan fingerprint density at radius 1 is 1.24 bits per heavy atom. The van der Waals surface area contributed by atoms with Crippen LogP contribution in [0, 0.1) is 5.92 Å². The smallest absolute Gasteiger partial charge is 0.308 e. The number of carboxylic acids is 1. The first kappa shape index (κ1) is 16.0. The molecule has 0 radical (unpaired) electrons. The highest BCUT2D eigenvalue weighted by Crippen LogP contribution is 2.18. The highest BCUT2D eigenvalue weighted by atomic mass is 79.9. The number of benzene rings is 1. The predicted octanol–water partition coefficient (Wildman–Crippen LogP) is 3.10. The monoisotopic (exact) mass is 353 g/mol. The number of rotatable bonds is 6. The molecule has 1 fully saturated rings. The Hall–Kier alpha value is -1.36. The summed E-state index contributed by atoms with van der Waals surface area (Å²) in [6.45, 7) is 0.962. The molecule has 5 heteroatoms. The molecule has 1 heterocycles. The Labute approximate surface area is 133 Å². The van der Waals surface area contributed by atoms with E-state index in [0.717, 1.165) is 23.7 Å². The van der Waals surface area contributed by atoms with Crippen LogP contribution in [0.25, 0.3) is 0 Å². The van der Waals surface area contributed by atoms with E-state index >= 15 is 0 Å².